The quantitative estimate of drug-likeness (QED) is 0.721. The number of piperidine rings is 1. The highest BCUT2D eigenvalue weighted by Crippen LogP contribution is 2.25. The number of aryl methyl sites for hydroxylation is 1. The number of hydrogen-bond donors (Lipinski definition) is 1. The number of aromatic nitrogens is 3. The van der Waals surface area contributed by atoms with Crippen LogP contribution in [-0.2, 0) is 7.05 Å². The molecule has 0 saturated carbocycles. The molecule has 1 saturated heterocycles. The second-order valence-electron chi connectivity index (χ2n) is 8.46. The molecule has 0 atom stereocenters. The monoisotopic (exact) mass is 391 g/mol. The summed E-state index contributed by atoms with van der Waals surface area (Å²) in [5.41, 5.74) is 3.04. The number of nitrogens with one attached hydrogen (secondary N) is 1. The number of nitrogens with zero attached hydrogens (tertiary/aromatic N) is 4. The van der Waals surface area contributed by atoms with E-state index in [0.29, 0.717) is 12.1 Å². The first-order valence-electron chi connectivity index (χ1n) is 10.4. The van der Waals surface area contributed by atoms with Crippen LogP contribution in [0.5, 0.6) is 0 Å². The summed E-state index contributed by atoms with van der Waals surface area (Å²) < 4.78 is 1.78. The highest BCUT2D eigenvalue weighted by molar-refractivity contribution is 6.07. The lowest BCUT2D eigenvalue weighted by Crippen LogP contribution is -2.53. The molecule has 0 spiro atoms. The molecule has 0 unspecified atom stereocenters. The maximum absolute atomic E-state index is 13.2. The molecular weight excluding hydrogens is 362 g/mol. The Kier molecular flexibility index (Phi) is 5.37. The zero-order valence-electron chi connectivity index (χ0n) is 17.5. The zero-order chi connectivity index (χ0) is 20.4. The molecule has 3 heterocycles. The smallest absolute Gasteiger partial charge is 0.252 e. The van der Waals surface area contributed by atoms with Gasteiger partial charge in [0.05, 0.1) is 22.5 Å². The summed E-state index contributed by atoms with van der Waals surface area (Å²) in [6.07, 6.45) is 5.52. The second-order valence-corrected chi connectivity index (χ2v) is 8.46. The SMILES string of the molecule is Cn1nccc1-c1cc(C(=O)NCC(C)(C)N2CCCCC2)c2ccccc2n1. The average molecular weight is 392 g/mol. The van der Waals surface area contributed by atoms with Gasteiger partial charge in [-0.05, 0) is 58.0 Å². The van der Waals surface area contributed by atoms with Gasteiger partial charge in [0.2, 0.25) is 0 Å². The van der Waals surface area contributed by atoms with Crippen LogP contribution in [0.4, 0.5) is 0 Å². The van der Waals surface area contributed by atoms with Crippen LogP contribution >= 0.6 is 0 Å². The Morgan fingerprint density at radius 3 is 2.62 bits per heavy atom. The lowest BCUT2D eigenvalue weighted by atomic mass is 9.98. The highest BCUT2D eigenvalue weighted by atomic mass is 16.1. The molecule has 0 radical (unpaired) electrons. The fourth-order valence-corrected chi connectivity index (χ4v) is 4.12. The lowest BCUT2D eigenvalue weighted by molar-refractivity contribution is 0.0798. The predicted molar refractivity (Wildman–Crippen MR) is 116 cm³/mol. The van der Waals surface area contributed by atoms with Crippen molar-refractivity contribution in [2.24, 2.45) is 7.05 Å². The van der Waals surface area contributed by atoms with Crippen LogP contribution in [0.25, 0.3) is 22.3 Å². The second kappa shape index (κ2) is 7.95. The summed E-state index contributed by atoms with van der Waals surface area (Å²) >= 11 is 0. The molecular formula is C23H29N5O. The van der Waals surface area contributed by atoms with Gasteiger partial charge in [0.25, 0.3) is 5.91 Å². The van der Waals surface area contributed by atoms with Gasteiger partial charge in [-0.1, -0.05) is 24.6 Å². The van der Waals surface area contributed by atoms with E-state index in [4.69, 9.17) is 4.98 Å². The van der Waals surface area contributed by atoms with Crippen LogP contribution in [0.2, 0.25) is 0 Å². The Labute approximate surface area is 171 Å². The Morgan fingerprint density at radius 2 is 1.90 bits per heavy atom. The van der Waals surface area contributed by atoms with Gasteiger partial charge in [-0.15, -0.1) is 0 Å². The van der Waals surface area contributed by atoms with Gasteiger partial charge in [0.1, 0.15) is 0 Å². The Hall–Kier alpha value is -2.73. The molecule has 1 N–H and O–H groups in total. The van der Waals surface area contributed by atoms with Gasteiger partial charge in [-0.25, -0.2) is 4.98 Å². The fraction of sp³-hybridized carbons (Fsp3) is 0.435. The van der Waals surface area contributed by atoms with Crippen molar-refractivity contribution in [2.75, 3.05) is 19.6 Å². The normalized spacial score (nSPS) is 15.6. The number of amides is 1. The predicted octanol–water partition coefficient (Wildman–Crippen LogP) is 3.63. The molecule has 1 aromatic carbocycles. The number of fused-ring (bicyclic) bond motifs is 1. The molecule has 6 heteroatoms. The molecule has 6 nitrogen and oxygen atoms in total. The maximum atomic E-state index is 13.2. The minimum atomic E-state index is -0.0657. The van der Waals surface area contributed by atoms with Crippen molar-refractivity contribution in [1.82, 2.24) is 25.0 Å². The van der Waals surface area contributed by atoms with Crippen LogP contribution in [0, 0.1) is 0 Å². The van der Waals surface area contributed by atoms with Crippen LogP contribution in [0.1, 0.15) is 43.5 Å². The van der Waals surface area contributed by atoms with E-state index in [1.165, 1.54) is 19.3 Å². The number of benzene rings is 1. The zero-order valence-corrected chi connectivity index (χ0v) is 17.5. The number of pyridine rings is 1. The largest absolute Gasteiger partial charge is 0.350 e. The van der Waals surface area contributed by atoms with Crippen molar-refractivity contribution in [3.63, 3.8) is 0 Å². The van der Waals surface area contributed by atoms with E-state index in [1.54, 1.807) is 10.9 Å². The standard InChI is InChI=1S/C23H29N5O/c1-23(2,28-13-7-4-8-14-28)16-24-22(29)18-15-20(21-11-12-25-27(21)3)26-19-10-6-5-9-17(18)19/h5-6,9-12,15H,4,7-8,13-14,16H2,1-3H3,(H,24,29). The Bertz CT molecular complexity index is 1020. The first kappa shape index (κ1) is 19.6. The van der Waals surface area contributed by atoms with Crippen molar-refractivity contribution in [2.45, 2.75) is 38.6 Å². The van der Waals surface area contributed by atoms with E-state index in [-0.39, 0.29) is 11.4 Å². The molecule has 4 rings (SSSR count). The maximum Gasteiger partial charge on any atom is 0.252 e. The van der Waals surface area contributed by atoms with Crippen molar-refractivity contribution in [3.8, 4) is 11.4 Å². The minimum Gasteiger partial charge on any atom is -0.350 e. The van der Waals surface area contributed by atoms with Crippen LogP contribution in [0.15, 0.2) is 42.6 Å². The first-order valence-corrected chi connectivity index (χ1v) is 10.4. The highest BCUT2D eigenvalue weighted by Gasteiger charge is 2.28. The number of para-hydroxylation sites is 1. The Morgan fingerprint density at radius 1 is 1.14 bits per heavy atom. The molecule has 1 aliphatic rings. The third kappa shape index (κ3) is 4.03. The van der Waals surface area contributed by atoms with E-state index in [1.807, 2.05) is 43.4 Å². The number of likely N-dealkylation sites (tertiary alicyclic amines) is 1. The summed E-state index contributed by atoms with van der Waals surface area (Å²) in [5, 5.41) is 8.29. The minimum absolute atomic E-state index is 0.0582. The molecule has 1 amide bonds. The van der Waals surface area contributed by atoms with E-state index in [9.17, 15) is 4.79 Å². The van der Waals surface area contributed by atoms with Crippen molar-refractivity contribution < 1.29 is 4.79 Å². The van der Waals surface area contributed by atoms with Gasteiger partial charge in [0, 0.05) is 30.7 Å². The van der Waals surface area contributed by atoms with Crippen LogP contribution < -0.4 is 5.32 Å². The molecule has 152 valence electrons. The summed E-state index contributed by atoms with van der Waals surface area (Å²) in [6, 6.07) is 11.6. The number of carbonyl (C=O) groups is 1. The fourth-order valence-electron chi connectivity index (χ4n) is 4.12. The summed E-state index contributed by atoms with van der Waals surface area (Å²) in [6.45, 7) is 7.25. The van der Waals surface area contributed by atoms with E-state index in [2.05, 4.69) is 29.2 Å². The van der Waals surface area contributed by atoms with E-state index < -0.39 is 0 Å². The third-order valence-electron chi connectivity index (χ3n) is 5.94. The summed E-state index contributed by atoms with van der Waals surface area (Å²) in [7, 11) is 1.88. The van der Waals surface area contributed by atoms with Crippen molar-refractivity contribution >= 4 is 16.8 Å². The molecule has 2 aromatic heterocycles. The Balaban J connectivity index is 1.62. The van der Waals surface area contributed by atoms with Crippen LogP contribution in [-0.4, -0.2) is 50.7 Å². The number of rotatable bonds is 5. The van der Waals surface area contributed by atoms with Gasteiger partial charge in [-0.3, -0.25) is 14.4 Å². The van der Waals surface area contributed by atoms with Crippen molar-refractivity contribution in [3.05, 3.63) is 48.2 Å². The van der Waals surface area contributed by atoms with Gasteiger partial charge in [0.15, 0.2) is 0 Å². The summed E-state index contributed by atoms with van der Waals surface area (Å²) in [5.74, 6) is -0.0582. The molecule has 0 aliphatic carbocycles. The van der Waals surface area contributed by atoms with Gasteiger partial charge < -0.3 is 5.32 Å². The lowest BCUT2D eigenvalue weighted by Gasteiger charge is -2.41. The molecule has 1 fully saturated rings. The molecule has 29 heavy (non-hydrogen) atoms. The first-order chi connectivity index (χ1) is 14.0. The van der Waals surface area contributed by atoms with Gasteiger partial charge >= 0.3 is 0 Å². The van der Waals surface area contributed by atoms with Crippen LogP contribution in [0.3, 0.4) is 0 Å². The molecule has 1 aliphatic heterocycles. The average Bonchev–Trinajstić information content (AvgIpc) is 3.18. The topological polar surface area (TPSA) is 63.1 Å². The third-order valence-corrected chi connectivity index (χ3v) is 5.94. The summed E-state index contributed by atoms with van der Waals surface area (Å²) in [4.78, 5) is 20.5. The van der Waals surface area contributed by atoms with E-state index in [0.717, 1.165) is 35.4 Å². The molecule has 0 bridgehead atoms. The molecule has 3 aromatic rings. The van der Waals surface area contributed by atoms with Gasteiger partial charge in [-0.2, -0.15) is 5.10 Å². The number of carbonyl (C=O) groups excluding carboxylic acids is 1. The van der Waals surface area contributed by atoms with Crippen molar-refractivity contribution in [1.29, 1.82) is 0 Å². The van der Waals surface area contributed by atoms with E-state index >= 15 is 0 Å². The number of hydrogen-bond acceptors (Lipinski definition) is 4.